The summed E-state index contributed by atoms with van der Waals surface area (Å²) in [5.74, 6) is 0. The lowest BCUT2D eigenvalue weighted by Crippen LogP contribution is -2.50. The molecule has 4 heteroatoms. The molecule has 20 heavy (non-hydrogen) atoms. The molecule has 0 aliphatic carbocycles. The van der Waals surface area contributed by atoms with Crippen LogP contribution in [-0.4, -0.2) is 17.3 Å². The van der Waals surface area contributed by atoms with Crippen molar-refractivity contribution in [3.63, 3.8) is 0 Å². The van der Waals surface area contributed by atoms with Crippen molar-refractivity contribution in [3.8, 4) is 0 Å². The van der Waals surface area contributed by atoms with Crippen LogP contribution in [0, 0.1) is 20.8 Å². The molecule has 1 saturated heterocycles. The zero-order chi connectivity index (χ0) is 14.9. The van der Waals surface area contributed by atoms with E-state index < -0.39 is 0 Å². The van der Waals surface area contributed by atoms with Crippen LogP contribution >= 0.6 is 0 Å². The molecule has 1 aliphatic rings. The van der Waals surface area contributed by atoms with Gasteiger partial charge in [-0.3, -0.25) is 10.1 Å². The van der Waals surface area contributed by atoms with Gasteiger partial charge in [-0.15, -0.1) is 0 Å². The zero-order valence-corrected chi connectivity index (χ0v) is 13.3. The van der Waals surface area contributed by atoms with Gasteiger partial charge in [0.25, 0.3) is 5.56 Å². The molecule has 0 spiro atoms. The van der Waals surface area contributed by atoms with Crippen LogP contribution in [0.4, 0.5) is 0 Å². The first-order valence-corrected chi connectivity index (χ1v) is 7.63. The van der Waals surface area contributed by atoms with Crippen LogP contribution < -0.4 is 16.2 Å². The van der Waals surface area contributed by atoms with E-state index in [1.54, 1.807) is 4.57 Å². The Balaban J connectivity index is 2.40. The van der Waals surface area contributed by atoms with Crippen LogP contribution in [0.25, 0.3) is 0 Å². The second kappa shape index (κ2) is 6.10. The molecule has 1 fully saturated rings. The van der Waals surface area contributed by atoms with Gasteiger partial charge in [0.2, 0.25) is 0 Å². The van der Waals surface area contributed by atoms with Gasteiger partial charge < -0.3 is 9.88 Å². The molecule has 2 heterocycles. The normalized spacial score (nSPS) is 23.1. The van der Waals surface area contributed by atoms with Gasteiger partial charge >= 0.3 is 0 Å². The highest BCUT2D eigenvalue weighted by atomic mass is 16.1. The molecule has 0 radical (unpaired) electrons. The Hall–Kier alpha value is -1.13. The van der Waals surface area contributed by atoms with Crippen molar-refractivity contribution in [3.05, 3.63) is 32.7 Å². The Labute approximate surface area is 121 Å². The molecule has 1 aromatic rings. The van der Waals surface area contributed by atoms with Crippen LogP contribution in [0.1, 0.15) is 54.6 Å². The Morgan fingerprint density at radius 3 is 2.60 bits per heavy atom. The van der Waals surface area contributed by atoms with Crippen molar-refractivity contribution in [1.82, 2.24) is 15.2 Å². The lowest BCUT2D eigenvalue weighted by Gasteiger charge is -2.34. The fourth-order valence-corrected chi connectivity index (χ4v) is 3.22. The molecule has 2 rings (SSSR count). The smallest absolute Gasteiger partial charge is 0.253 e. The molecule has 0 amide bonds. The molecule has 1 aromatic heterocycles. The van der Waals surface area contributed by atoms with Gasteiger partial charge in [-0.05, 0) is 51.3 Å². The van der Waals surface area contributed by atoms with Crippen molar-refractivity contribution >= 4 is 0 Å². The van der Waals surface area contributed by atoms with Crippen LogP contribution in [0.3, 0.4) is 0 Å². The highest BCUT2D eigenvalue weighted by molar-refractivity contribution is 5.38. The Bertz CT molecular complexity index is 513. The molecule has 1 aliphatic heterocycles. The first-order chi connectivity index (χ1) is 9.47. The summed E-state index contributed by atoms with van der Waals surface area (Å²) >= 11 is 0. The molecule has 2 atom stereocenters. The predicted octanol–water partition coefficient (Wildman–Crippen LogP) is 2.06. The lowest BCUT2D eigenvalue weighted by molar-refractivity contribution is 0.286. The summed E-state index contributed by atoms with van der Waals surface area (Å²) in [6.45, 7) is 9.31. The highest BCUT2D eigenvalue weighted by Crippen LogP contribution is 2.27. The topological polar surface area (TPSA) is 46.1 Å². The summed E-state index contributed by atoms with van der Waals surface area (Å²) in [4.78, 5) is 12.1. The fourth-order valence-electron chi connectivity index (χ4n) is 3.22. The van der Waals surface area contributed by atoms with Crippen LogP contribution in [-0.2, 0) is 7.05 Å². The van der Waals surface area contributed by atoms with E-state index in [-0.39, 0.29) is 5.56 Å². The minimum atomic E-state index is 0.128. The van der Waals surface area contributed by atoms with Gasteiger partial charge in [0, 0.05) is 24.3 Å². The van der Waals surface area contributed by atoms with Gasteiger partial charge in [-0.25, -0.2) is 0 Å². The minimum Gasteiger partial charge on any atom is -0.315 e. The monoisotopic (exact) mass is 277 g/mol. The van der Waals surface area contributed by atoms with Crippen molar-refractivity contribution in [1.29, 1.82) is 0 Å². The summed E-state index contributed by atoms with van der Waals surface area (Å²) in [5.41, 5.74) is 4.56. The van der Waals surface area contributed by atoms with Gasteiger partial charge in [-0.2, -0.15) is 0 Å². The summed E-state index contributed by atoms with van der Waals surface area (Å²) in [5, 5.41) is 7.22. The summed E-state index contributed by atoms with van der Waals surface area (Å²) in [6, 6.07) is 0.346. The molecule has 112 valence electrons. The molecule has 0 saturated carbocycles. The molecular weight excluding hydrogens is 250 g/mol. The second-order valence-electron chi connectivity index (χ2n) is 5.92. The van der Waals surface area contributed by atoms with Gasteiger partial charge in [0.1, 0.15) is 0 Å². The first-order valence-electron chi connectivity index (χ1n) is 7.63. The van der Waals surface area contributed by atoms with Crippen LogP contribution in [0.2, 0.25) is 0 Å². The first kappa shape index (κ1) is 15.3. The maximum atomic E-state index is 12.1. The van der Waals surface area contributed by atoms with Crippen molar-refractivity contribution in [2.75, 3.05) is 6.54 Å². The average molecular weight is 277 g/mol. The molecular formula is C16H27N3O. The Kier molecular flexibility index (Phi) is 4.66. The number of hydrogen-bond acceptors (Lipinski definition) is 3. The van der Waals surface area contributed by atoms with E-state index in [1.807, 2.05) is 14.0 Å². The Morgan fingerprint density at radius 1 is 1.25 bits per heavy atom. The van der Waals surface area contributed by atoms with Gasteiger partial charge in [0.15, 0.2) is 0 Å². The van der Waals surface area contributed by atoms with Crippen molar-refractivity contribution < 1.29 is 0 Å². The summed E-state index contributed by atoms with van der Waals surface area (Å²) in [6.07, 6.45) is 3.76. The third-order valence-corrected chi connectivity index (χ3v) is 4.64. The molecule has 2 unspecified atom stereocenters. The number of pyridine rings is 1. The van der Waals surface area contributed by atoms with E-state index in [4.69, 9.17) is 0 Å². The standard InChI is InChI=1S/C16H27N3O/c1-6-7-14-17-9-8-13(18-14)15-10(2)11(3)16(20)19(5)12(15)4/h13-14,17-18H,6-9H2,1-5H3. The van der Waals surface area contributed by atoms with Gasteiger partial charge in [-0.1, -0.05) is 13.3 Å². The van der Waals surface area contributed by atoms with Crippen molar-refractivity contribution in [2.45, 2.75) is 59.2 Å². The van der Waals surface area contributed by atoms with Crippen LogP contribution in [0.5, 0.6) is 0 Å². The largest absolute Gasteiger partial charge is 0.315 e. The van der Waals surface area contributed by atoms with E-state index in [0.717, 1.165) is 36.2 Å². The predicted molar refractivity (Wildman–Crippen MR) is 83.1 cm³/mol. The SMILES string of the molecule is CCCC1NCCC(c2c(C)c(C)c(=O)n(C)c2C)N1. The highest BCUT2D eigenvalue weighted by Gasteiger charge is 2.25. The molecule has 2 N–H and O–H groups in total. The number of nitrogens with one attached hydrogen (secondary N) is 2. The van der Waals surface area contributed by atoms with E-state index in [2.05, 4.69) is 31.4 Å². The van der Waals surface area contributed by atoms with E-state index in [1.165, 1.54) is 12.0 Å². The van der Waals surface area contributed by atoms with Crippen LogP contribution in [0.15, 0.2) is 4.79 Å². The molecule has 0 aromatic carbocycles. The second-order valence-corrected chi connectivity index (χ2v) is 5.92. The quantitative estimate of drug-likeness (QED) is 0.889. The summed E-state index contributed by atoms with van der Waals surface area (Å²) < 4.78 is 1.79. The maximum Gasteiger partial charge on any atom is 0.253 e. The number of nitrogens with zero attached hydrogens (tertiary/aromatic N) is 1. The molecule has 0 bridgehead atoms. The van der Waals surface area contributed by atoms with E-state index in [9.17, 15) is 4.79 Å². The number of hydrogen-bond donors (Lipinski definition) is 2. The van der Waals surface area contributed by atoms with Gasteiger partial charge in [0.05, 0.1) is 6.17 Å². The zero-order valence-electron chi connectivity index (χ0n) is 13.3. The Morgan fingerprint density at radius 2 is 1.95 bits per heavy atom. The van der Waals surface area contributed by atoms with E-state index in [0.29, 0.717) is 12.2 Å². The third kappa shape index (κ3) is 2.67. The number of rotatable bonds is 3. The maximum absolute atomic E-state index is 12.1. The third-order valence-electron chi connectivity index (χ3n) is 4.64. The number of aromatic nitrogens is 1. The average Bonchev–Trinajstić information content (AvgIpc) is 2.44. The molecule has 4 nitrogen and oxygen atoms in total. The van der Waals surface area contributed by atoms with Crippen molar-refractivity contribution in [2.24, 2.45) is 7.05 Å². The van der Waals surface area contributed by atoms with E-state index >= 15 is 0 Å². The minimum absolute atomic E-state index is 0.128. The summed E-state index contributed by atoms with van der Waals surface area (Å²) in [7, 11) is 1.87. The fraction of sp³-hybridized carbons (Fsp3) is 0.688. The lowest BCUT2D eigenvalue weighted by atomic mass is 9.93.